The third-order valence-corrected chi connectivity index (χ3v) is 5.72. The molecule has 1 nitrogen and oxygen atoms in total. The van der Waals surface area contributed by atoms with Crippen LogP contribution in [0.1, 0.15) is 49.3 Å². The van der Waals surface area contributed by atoms with Crippen LogP contribution in [0.25, 0.3) is 0 Å². The molecule has 0 radical (unpaired) electrons. The van der Waals surface area contributed by atoms with Crippen molar-refractivity contribution in [3.63, 3.8) is 0 Å². The second-order valence-corrected chi connectivity index (χ2v) is 7.62. The fraction of sp³-hybridized carbons (Fsp3) is 0.478. The molecule has 1 aliphatic rings. The second kappa shape index (κ2) is 9.99. The average molecular weight is 358 g/mol. The summed E-state index contributed by atoms with van der Waals surface area (Å²) in [6.45, 7) is 0. The predicted octanol–water partition coefficient (Wildman–Crippen LogP) is 6.15. The van der Waals surface area contributed by atoms with Gasteiger partial charge in [-0.2, -0.15) is 0 Å². The van der Waals surface area contributed by atoms with E-state index in [4.69, 9.17) is 0 Å². The Labute approximate surface area is 159 Å². The average Bonchev–Trinajstić information content (AvgIpc) is 2.63. The van der Waals surface area contributed by atoms with Crippen LogP contribution in [0.5, 0.6) is 0 Å². The van der Waals surface area contributed by atoms with Gasteiger partial charge in [0.25, 0.3) is 0 Å². The van der Waals surface area contributed by atoms with Crippen molar-refractivity contribution in [2.24, 2.45) is 11.8 Å². The molecule has 0 aliphatic heterocycles. The van der Waals surface area contributed by atoms with Gasteiger partial charge in [-0.05, 0) is 62.7 Å². The van der Waals surface area contributed by atoms with Crippen molar-refractivity contribution in [1.29, 1.82) is 0 Å². The summed E-state index contributed by atoms with van der Waals surface area (Å²) < 4.78 is 0. The Bertz CT molecular complexity index is 588. The van der Waals surface area contributed by atoms with E-state index in [1.165, 1.54) is 49.7 Å². The van der Waals surface area contributed by atoms with E-state index < -0.39 is 0 Å². The monoisotopic (exact) mass is 357 g/mol. The normalized spacial score (nSPS) is 21.6. The van der Waals surface area contributed by atoms with E-state index in [1.54, 1.807) is 0 Å². The van der Waals surface area contributed by atoms with Crippen molar-refractivity contribution < 1.29 is 0 Å². The lowest BCUT2D eigenvalue weighted by atomic mass is 9.75. The fourth-order valence-corrected chi connectivity index (χ4v) is 4.45. The van der Waals surface area contributed by atoms with E-state index in [-0.39, 0.29) is 12.4 Å². The van der Waals surface area contributed by atoms with Gasteiger partial charge in [0.05, 0.1) is 0 Å². The number of rotatable bonds is 6. The highest BCUT2D eigenvalue weighted by Gasteiger charge is 2.29. The largest absolute Gasteiger partial charge is 0.302 e. The number of nitrogens with zero attached hydrogens (tertiary/aromatic N) is 1. The summed E-state index contributed by atoms with van der Waals surface area (Å²) in [4.78, 5) is 2.42. The summed E-state index contributed by atoms with van der Waals surface area (Å²) in [6, 6.07) is 22.6. The Morgan fingerprint density at radius 1 is 0.840 bits per heavy atom. The van der Waals surface area contributed by atoms with E-state index in [9.17, 15) is 0 Å². The third kappa shape index (κ3) is 5.59. The highest BCUT2D eigenvalue weighted by atomic mass is 35.5. The zero-order chi connectivity index (χ0) is 16.8. The SMILES string of the molecule is CN(C)C(c1ccccc1)C1CCC(CCc2ccccc2)CC1.Cl. The summed E-state index contributed by atoms with van der Waals surface area (Å²) in [5.74, 6) is 1.72. The van der Waals surface area contributed by atoms with Gasteiger partial charge in [-0.15, -0.1) is 12.4 Å². The Kier molecular flexibility index (Phi) is 7.99. The Hall–Kier alpha value is -1.31. The smallest absolute Gasteiger partial charge is 0.0370 e. The Balaban J connectivity index is 0.00000225. The molecule has 0 bridgehead atoms. The molecule has 1 saturated carbocycles. The molecule has 1 unspecified atom stereocenters. The van der Waals surface area contributed by atoms with Crippen LogP contribution < -0.4 is 0 Å². The maximum Gasteiger partial charge on any atom is 0.0370 e. The fourth-order valence-electron chi connectivity index (χ4n) is 4.45. The minimum Gasteiger partial charge on any atom is -0.302 e. The first-order chi connectivity index (χ1) is 11.7. The summed E-state index contributed by atoms with van der Waals surface area (Å²) >= 11 is 0. The zero-order valence-electron chi connectivity index (χ0n) is 15.6. The van der Waals surface area contributed by atoms with Crippen LogP contribution in [0.15, 0.2) is 60.7 Å². The predicted molar refractivity (Wildman–Crippen MR) is 110 cm³/mol. The van der Waals surface area contributed by atoms with Gasteiger partial charge in [0.15, 0.2) is 0 Å². The number of benzene rings is 2. The highest BCUT2D eigenvalue weighted by Crippen LogP contribution is 2.40. The first-order valence-corrected chi connectivity index (χ1v) is 9.49. The number of aryl methyl sites for hydroxylation is 1. The van der Waals surface area contributed by atoms with Crippen LogP contribution in [0, 0.1) is 11.8 Å². The molecule has 0 saturated heterocycles. The van der Waals surface area contributed by atoms with Gasteiger partial charge >= 0.3 is 0 Å². The molecule has 0 spiro atoms. The Morgan fingerprint density at radius 3 is 1.96 bits per heavy atom. The van der Waals surface area contributed by atoms with E-state index in [2.05, 4.69) is 79.7 Å². The number of halogens is 1. The van der Waals surface area contributed by atoms with Crippen LogP contribution in [-0.2, 0) is 6.42 Å². The zero-order valence-corrected chi connectivity index (χ0v) is 16.4. The maximum absolute atomic E-state index is 2.42. The molecular weight excluding hydrogens is 326 g/mol. The summed E-state index contributed by atoms with van der Waals surface area (Å²) in [5.41, 5.74) is 2.98. The number of hydrogen-bond acceptors (Lipinski definition) is 1. The van der Waals surface area contributed by atoms with Crippen LogP contribution >= 0.6 is 12.4 Å². The molecule has 3 rings (SSSR count). The lowest BCUT2D eigenvalue weighted by Gasteiger charge is -2.37. The van der Waals surface area contributed by atoms with Crippen molar-refractivity contribution in [2.45, 2.75) is 44.6 Å². The maximum atomic E-state index is 2.42. The van der Waals surface area contributed by atoms with E-state index in [1.807, 2.05) is 0 Å². The molecule has 1 atom stereocenters. The highest BCUT2D eigenvalue weighted by molar-refractivity contribution is 5.85. The van der Waals surface area contributed by atoms with E-state index in [0.29, 0.717) is 6.04 Å². The van der Waals surface area contributed by atoms with Crippen molar-refractivity contribution in [3.05, 3.63) is 71.8 Å². The molecule has 1 fully saturated rings. The van der Waals surface area contributed by atoms with Gasteiger partial charge in [0.1, 0.15) is 0 Å². The summed E-state index contributed by atoms with van der Waals surface area (Å²) in [7, 11) is 4.47. The standard InChI is InChI=1S/C23H31N.ClH/c1-24(2)23(21-11-7-4-8-12-21)22-17-15-20(16-18-22)14-13-19-9-5-3-6-10-19;/h3-12,20,22-23H,13-18H2,1-2H3;1H. The van der Waals surface area contributed by atoms with Crippen LogP contribution in [0.4, 0.5) is 0 Å². The molecule has 0 heterocycles. The van der Waals surface area contributed by atoms with E-state index >= 15 is 0 Å². The van der Waals surface area contributed by atoms with Gasteiger partial charge < -0.3 is 4.90 Å². The van der Waals surface area contributed by atoms with Gasteiger partial charge in [0.2, 0.25) is 0 Å². The molecule has 2 heteroatoms. The van der Waals surface area contributed by atoms with E-state index in [0.717, 1.165) is 11.8 Å². The Morgan fingerprint density at radius 2 is 1.40 bits per heavy atom. The van der Waals surface area contributed by atoms with Crippen LogP contribution in [-0.4, -0.2) is 19.0 Å². The topological polar surface area (TPSA) is 3.24 Å². The van der Waals surface area contributed by atoms with Gasteiger partial charge in [-0.1, -0.05) is 73.5 Å². The molecular formula is C23H32ClN. The van der Waals surface area contributed by atoms with Crippen LogP contribution in [0.2, 0.25) is 0 Å². The molecule has 25 heavy (non-hydrogen) atoms. The summed E-state index contributed by atoms with van der Waals surface area (Å²) in [5, 5.41) is 0. The summed E-state index contributed by atoms with van der Waals surface area (Å²) in [6.07, 6.45) is 8.14. The quantitative estimate of drug-likeness (QED) is 0.599. The van der Waals surface area contributed by atoms with Crippen LogP contribution in [0.3, 0.4) is 0 Å². The van der Waals surface area contributed by atoms with Crippen molar-refractivity contribution >= 4 is 12.4 Å². The lowest BCUT2D eigenvalue weighted by Crippen LogP contribution is -2.30. The first kappa shape index (κ1) is 20.0. The molecule has 0 N–H and O–H groups in total. The van der Waals surface area contributed by atoms with Crippen molar-refractivity contribution in [3.8, 4) is 0 Å². The lowest BCUT2D eigenvalue weighted by molar-refractivity contribution is 0.146. The first-order valence-electron chi connectivity index (χ1n) is 9.49. The molecule has 0 aromatic heterocycles. The van der Waals surface area contributed by atoms with Crippen molar-refractivity contribution in [1.82, 2.24) is 4.90 Å². The molecule has 2 aromatic carbocycles. The molecule has 136 valence electrons. The molecule has 2 aromatic rings. The minimum atomic E-state index is 0. The minimum absolute atomic E-state index is 0. The van der Waals surface area contributed by atoms with Gasteiger partial charge in [0, 0.05) is 6.04 Å². The van der Waals surface area contributed by atoms with Gasteiger partial charge in [-0.3, -0.25) is 0 Å². The molecule has 0 amide bonds. The number of hydrogen-bond donors (Lipinski definition) is 0. The third-order valence-electron chi connectivity index (χ3n) is 5.72. The van der Waals surface area contributed by atoms with Crippen molar-refractivity contribution in [2.75, 3.05) is 14.1 Å². The van der Waals surface area contributed by atoms with Gasteiger partial charge in [-0.25, -0.2) is 0 Å². The second-order valence-electron chi connectivity index (χ2n) is 7.62. The molecule has 1 aliphatic carbocycles.